The van der Waals surface area contributed by atoms with Gasteiger partial charge in [0.25, 0.3) is 0 Å². The van der Waals surface area contributed by atoms with Crippen LogP contribution in [0.5, 0.6) is 0 Å². The zero-order valence-corrected chi connectivity index (χ0v) is 11.4. The minimum absolute atomic E-state index is 0.669. The zero-order chi connectivity index (χ0) is 14.1. The molecule has 0 atom stereocenters. The van der Waals surface area contributed by atoms with E-state index in [1.807, 2.05) is 29.6 Å². The molecular weight excluding hydrogens is 288 g/mol. The molecule has 0 fully saturated rings. The molecule has 8 nitrogen and oxygen atoms in total. The van der Waals surface area contributed by atoms with Gasteiger partial charge in [0, 0.05) is 10.9 Å². The van der Waals surface area contributed by atoms with Gasteiger partial charge in [-0.3, -0.25) is 5.10 Å². The van der Waals surface area contributed by atoms with Gasteiger partial charge in [0.15, 0.2) is 10.8 Å². The third kappa shape index (κ3) is 2.19. The number of nitrogens with one attached hydrogen (secondary N) is 1. The van der Waals surface area contributed by atoms with Crippen molar-refractivity contribution in [2.45, 2.75) is 0 Å². The molecule has 3 heterocycles. The molecule has 0 unspecified atom stereocenters. The van der Waals surface area contributed by atoms with Crippen LogP contribution in [0.1, 0.15) is 0 Å². The third-order valence-electron chi connectivity index (χ3n) is 2.88. The lowest BCUT2D eigenvalue weighted by Gasteiger charge is -2.01. The standard InChI is InChI=1S/C12H8N8S/c1-2-8(4-9(3-1)20-7-15-18-19-20)10-5-21-12(16-10)11-13-6-14-17-11/h1-7H,(H,13,14,17). The summed E-state index contributed by atoms with van der Waals surface area (Å²) in [5.74, 6) is 0.669. The van der Waals surface area contributed by atoms with Crippen molar-refractivity contribution in [2.75, 3.05) is 0 Å². The molecule has 21 heavy (non-hydrogen) atoms. The number of nitrogens with zero attached hydrogens (tertiary/aromatic N) is 7. The number of aromatic nitrogens is 8. The van der Waals surface area contributed by atoms with E-state index in [0.717, 1.165) is 22.0 Å². The molecule has 0 amide bonds. The fourth-order valence-electron chi connectivity index (χ4n) is 1.91. The summed E-state index contributed by atoms with van der Waals surface area (Å²) in [6.45, 7) is 0. The Morgan fingerprint density at radius 1 is 1.24 bits per heavy atom. The maximum Gasteiger partial charge on any atom is 0.184 e. The second-order valence-corrected chi connectivity index (χ2v) is 5.03. The molecule has 4 aromatic rings. The van der Waals surface area contributed by atoms with Crippen LogP contribution in [0.15, 0.2) is 42.3 Å². The molecule has 9 heteroatoms. The van der Waals surface area contributed by atoms with Crippen molar-refractivity contribution >= 4 is 11.3 Å². The van der Waals surface area contributed by atoms with Crippen LogP contribution >= 0.6 is 11.3 Å². The summed E-state index contributed by atoms with van der Waals surface area (Å²) in [5.41, 5.74) is 2.75. The number of hydrogen-bond acceptors (Lipinski definition) is 7. The first kappa shape index (κ1) is 11.9. The average Bonchev–Trinajstić information content (AvgIpc) is 3.26. The maximum atomic E-state index is 4.57. The normalized spacial score (nSPS) is 10.9. The second-order valence-electron chi connectivity index (χ2n) is 4.18. The molecule has 0 bridgehead atoms. The maximum absolute atomic E-state index is 4.57. The third-order valence-corrected chi connectivity index (χ3v) is 3.73. The summed E-state index contributed by atoms with van der Waals surface area (Å²) in [6.07, 6.45) is 3.02. The van der Waals surface area contributed by atoms with Crippen molar-refractivity contribution in [1.82, 2.24) is 40.4 Å². The molecule has 1 N–H and O–H groups in total. The quantitative estimate of drug-likeness (QED) is 0.616. The van der Waals surface area contributed by atoms with Crippen molar-refractivity contribution < 1.29 is 0 Å². The van der Waals surface area contributed by atoms with Crippen LogP contribution in [0.3, 0.4) is 0 Å². The van der Waals surface area contributed by atoms with E-state index in [2.05, 4.69) is 35.7 Å². The Labute approximate surface area is 122 Å². The van der Waals surface area contributed by atoms with Gasteiger partial charge in [0.05, 0.1) is 11.4 Å². The Kier molecular flexibility index (Phi) is 2.75. The second kappa shape index (κ2) is 4.87. The first-order valence-corrected chi connectivity index (χ1v) is 6.93. The minimum atomic E-state index is 0.669. The fourth-order valence-corrected chi connectivity index (χ4v) is 2.68. The van der Waals surface area contributed by atoms with Crippen LogP contribution in [0.4, 0.5) is 0 Å². The number of aromatic amines is 1. The molecule has 102 valence electrons. The van der Waals surface area contributed by atoms with Crippen molar-refractivity contribution in [3.05, 3.63) is 42.3 Å². The van der Waals surface area contributed by atoms with E-state index >= 15 is 0 Å². The molecule has 0 spiro atoms. The molecule has 0 aliphatic rings. The monoisotopic (exact) mass is 296 g/mol. The molecule has 0 aliphatic heterocycles. The molecular formula is C12H8N8S. The highest BCUT2D eigenvalue weighted by Crippen LogP contribution is 2.27. The number of H-pyrrole nitrogens is 1. The van der Waals surface area contributed by atoms with Crippen LogP contribution < -0.4 is 0 Å². The van der Waals surface area contributed by atoms with E-state index in [4.69, 9.17) is 0 Å². The minimum Gasteiger partial charge on any atom is -0.257 e. The molecule has 1 aromatic carbocycles. The van der Waals surface area contributed by atoms with E-state index in [9.17, 15) is 0 Å². The van der Waals surface area contributed by atoms with Crippen LogP contribution in [0, 0.1) is 0 Å². The highest BCUT2D eigenvalue weighted by molar-refractivity contribution is 7.13. The lowest BCUT2D eigenvalue weighted by atomic mass is 10.1. The van der Waals surface area contributed by atoms with E-state index in [0.29, 0.717) is 5.82 Å². The lowest BCUT2D eigenvalue weighted by Crippen LogP contribution is -1.95. The Morgan fingerprint density at radius 3 is 3.05 bits per heavy atom. The highest BCUT2D eigenvalue weighted by atomic mass is 32.1. The van der Waals surface area contributed by atoms with E-state index in [-0.39, 0.29) is 0 Å². The number of benzene rings is 1. The summed E-state index contributed by atoms with van der Waals surface area (Å²) in [5, 5.41) is 20.6. The largest absolute Gasteiger partial charge is 0.257 e. The van der Waals surface area contributed by atoms with Crippen molar-refractivity contribution in [2.24, 2.45) is 0 Å². The Morgan fingerprint density at radius 2 is 2.24 bits per heavy atom. The Bertz CT molecular complexity index is 849. The predicted octanol–water partition coefficient (Wildman–Crippen LogP) is 1.57. The van der Waals surface area contributed by atoms with Crippen molar-refractivity contribution in [3.8, 4) is 27.8 Å². The highest BCUT2D eigenvalue weighted by Gasteiger charge is 2.09. The van der Waals surface area contributed by atoms with Gasteiger partial charge < -0.3 is 0 Å². The molecule has 0 radical (unpaired) electrons. The van der Waals surface area contributed by atoms with Gasteiger partial charge >= 0.3 is 0 Å². The van der Waals surface area contributed by atoms with Gasteiger partial charge in [-0.2, -0.15) is 5.10 Å². The first-order chi connectivity index (χ1) is 10.4. The van der Waals surface area contributed by atoms with Gasteiger partial charge in [-0.05, 0) is 22.6 Å². The van der Waals surface area contributed by atoms with Crippen LogP contribution in [-0.2, 0) is 0 Å². The summed E-state index contributed by atoms with van der Waals surface area (Å²) in [6, 6.07) is 7.85. The number of tetrazole rings is 1. The SMILES string of the molecule is c1cc(-c2csc(-c3ncn[nH]3)n2)cc(-n2cnnn2)c1. The first-order valence-electron chi connectivity index (χ1n) is 6.05. The van der Waals surface area contributed by atoms with E-state index < -0.39 is 0 Å². The molecule has 3 aromatic heterocycles. The number of thiazole rings is 1. The zero-order valence-electron chi connectivity index (χ0n) is 10.6. The molecule has 0 saturated carbocycles. The average molecular weight is 296 g/mol. The summed E-state index contributed by atoms with van der Waals surface area (Å²) >= 11 is 1.51. The smallest absolute Gasteiger partial charge is 0.184 e. The summed E-state index contributed by atoms with van der Waals surface area (Å²) < 4.78 is 1.60. The Balaban J connectivity index is 1.72. The van der Waals surface area contributed by atoms with Gasteiger partial charge in [-0.15, -0.1) is 16.4 Å². The predicted molar refractivity (Wildman–Crippen MR) is 75.6 cm³/mol. The van der Waals surface area contributed by atoms with E-state index in [1.54, 1.807) is 11.0 Å². The van der Waals surface area contributed by atoms with Gasteiger partial charge in [0.2, 0.25) is 0 Å². The fraction of sp³-hybridized carbons (Fsp3) is 0. The topological polar surface area (TPSA) is 98.1 Å². The van der Waals surface area contributed by atoms with Gasteiger partial charge in [-0.1, -0.05) is 12.1 Å². The van der Waals surface area contributed by atoms with Crippen molar-refractivity contribution in [3.63, 3.8) is 0 Å². The van der Waals surface area contributed by atoms with Crippen LogP contribution in [-0.4, -0.2) is 40.4 Å². The summed E-state index contributed by atoms with van der Waals surface area (Å²) in [7, 11) is 0. The van der Waals surface area contributed by atoms with Gasteiger partial charge in [0.1, 0.15) is 12.7 Å². The number of rotatable bonds is 3. The van der Waals surface area contributed by atoms with Crippen LogP contribution in [0.25, 0.3) is 27.8 Å². The van der Waals surface area contributed by atoms with Crippen molar-refractivity contribution in [1.29, 1.82) is 0 Å². The molecule has 0 aliphatic carbocycles. The molecule has 4 rings (SSSR count). The van der Waals surface area contributed by atoms with Gasteiger partial charge in [-0.25, -0.2) is 14.6 Å². The Hall–Kier alpha value is -2.94. The van der Waals surface area contributed by atoms with Crippen LogP contribution in [0.2, 0.25) is 0 Å². The summed E-state index contributed by atoms with van der Waals surface area (Å²) in [4.78, 5) is 8.67. The van der Waals surface area contributed by atoms with E-state index in [1.165, 1.54) is 17.7 Å². The lowest BCUT2D eigenvalue weighted by molar-refractivity contribution is 0.789. The number of hydrogen-bond donors (Lipinski definition) is 1. The molecule has 0 saturated heterocycles.